The van der Waals surface area contributed by atoms with Crippen molar-refractivity contribution >= 4 is 11.8 Å². The third kappa shape index (κ3) is 2.83. The van der Waals surface area contributed by atoms with Gasteiger partial charge >= 0.3 is 0 Å². The van der Waals surface area contributed by atoms with Gasteiger partial charge in [-0.1, -0.05) is 18.2 Å². The minimum absolute atomic E-state index is 0.357. The first-order valence-corrected chi connectivity index (χ1v) is 7.61. The minimum atomic E-state index is 0.357. The molecule has 0 bridgehead atoms. The number of benzene rings is 1. The molecule has 1 saturated heterocycles. The van der Waals surface area contributed by atoms with E-state index in [0.29, 0.717) is 10.8 Å². The van der Waals surface area contributed by atoms with Gasteiger partial charge in [0.2, 0.25) is 0 Å². The summed E-state index contributed by atoms with van der Waals surface area (Å²) in [6.07, 6.45) is 3.67. The van der Waals surface area contributed by atoms with Crippen LogP contribution in [0.2, 0.25) is 0 Å². The lowest BCUT2D eigenvalue weighted by Gasteiger charge is -2.33. The molecule has 0 aromatic heterocycles. The van der Waals surface area contributed by atoms with E-state index in [0.717, 1.165) is 12.2 Å². The van der Waals surface area contributed by atoms with E-state index in [9.17, 15) is 0 Å². The van der Waals surface area contributed by atoms with Gasteiger partial charge in [-0.3, -0.25) is 0 Å². The summed E-state index contributed by atoms with van der Waals surface area (Å²) in [5.41, 5.74) is 1.30. The third-order valence-corrected chi connectivity index (χ3v) is 5.59. The largest absolute Gasteiger partial charge is 0.496 e. The van der Waals surface area contributed by atoms with Crippen LogP contribution in [0.25, 0.3) is 0 Å². The maximum atomic E-state index is 5.45. The maximum Gasteiger partial charge on any atom is 0.122 e. The lowest BCUT2D eigenvalue weighted by molar-refractivity contribution is 0.392. The molecule has 0 radical (unpaired) electrons. The molecule has 0 amide bonds. The lowest BCUT2D eigenvalue weighted by Crippen LogP contribution is -2.45. The van der Waals surface area contributed by atoms with Gasteiger partial charge < -0.3 is 10.1 Å². The average molecular weight is 265 g/mol. The molecule has 18 heavy (non-hydrogen) atoms. The summed E-state index contributed by atoms with van der Waals surface area (Å²) in [6.45, 7) is 2.39. The summed E-state index contributed by atoms with van der Waals surface area (Å²) >= 11 is 2.11. The van der Waals surface area contributed by atoms with E-state index < -0.39 is 0 Å². The fourth-order valence-corrected chi connectivity index (χ4v) is 4.24. The first-order chi connectivity index (χ1) is 8.69. The molecule has 0 saturated carbocycles. The van der Waals surface area contributed by atoms with E-state index in [-0.39, 0.29) is 0 Å². The van der Waals surface area contributed by atoms with Gasteiger partial charge in [0.1, 0.15) is 5.75 Å². The van der Waals surface area contributed by atoms with Crippen molar-refractivity contribution in [2.24, 2.45) is 0 Å². The third-order valence-electron chi connectivity index (χ3n) is 3.95. The Kier molecular flexibility index (Phi) is 4.57. The SMILES string of the molecule is CNC(Cc1ccccc1OC)C1(C)CCCS1. The van der Waals surface area contributed by atoms with Crippen LogP contribution in [0.5, 0.6) is 5.75 Å². The molecule has 1 N–H and O–H groups in total. The van der Waals surface area contributed by atoms with Crippen molar-refractivity contribution in [3.63, 3.8) is 0 Å². The Morgan fingerprint density at radius 3 is 2.83 bits per heavy atom. The van der Waals surface area contributed by atoms with Gasteiger partial charge in [-0.2, -0.15) is 11.8 Å². The number of ether oxygens (including phenoxy) is 1. The van der Waals surface area contributed by atoms with Crippen molar-refractivity contribution in [2.75, 3.05) is 19.9 Å². The van der Waals surface area contributed by atoms with Crippen molar-refractivity contribution in [1.29, 1.82) is 0 Å². The summed E-state index contributed by atoms with van der Waals surface area (Å²) in [7, 11) is 3.82. The summed E-state index contributed by atoms with van der Waals surface area (Å²) in [4.78, 5) is 0. The molecule has 2 nitrogen and oxygen atoms in total. The summed E-state index contributed by atoms with van der Waals surface area (Å²) in [6, 6.07) is 8.84. The molecule has 1 heterocycles. The van der Waals surface area contributed by atoms with Gasteiger partial charge in [0.15, 0.2) is 0 Å². The van der Waals surface area contributed by atoms with Crippen LogP contribution in [0.1, 0.15) is 25.3 Å². The molecule has 2 unspecified atom stereocenters. The van der Waals surface area contributed by atoms with Crippen LogP contribution >= 0.6 is 11.8 Å². The molecular weight excluding hydrogens is 242 g/mol. The highest BCUT2D eigenvalue weighted by atomic mass is 32.2. The highest BCUT2D eigenvalue weighted by Gasteiger charge is 2.37. The van der Waals surface area contributed by atoms with Gasteiger partial charge in [-0.15, -0.1) is 0 Å². The first-order valence-electron chi connectivity index (χ1n) is 6.63. The Morgan fingerprint density at radius 1 is 1.44 bits per heavy atom. The molecule has 1 aromatic rings. The van der Waals surface area contributed by atoms with Crippen molar-refractivity contribution in [3.05, 3.63) is 29.8 Å². The fraction of sp³-hybridized carbons (Fsp3) is 0.600. The number of hydrogen-bond donors (Lipinski definition) is 1. The molecule has 3 heteroatoms. The van der Waals surface area contributed by atoms with Gasteiger partial charge in [0.25, 0.3) is 0 Å². The Hall–Kier alpha value is -0.670. The van der Waals surface area contributed by atoms with E-state index in [1.54, 1.807) is 7.11 Å². The topological polar surface area (TPSA) is 21.3 Å². The molecule has 2 rings (SSSR count). The number of para-hydroxylation sites is 1. The number of hydrogen-bond acceptors (Lipinski definition) is 3. The smallest absolute Gasteiger partial charge is 0.122 e. The summed E-state index contributed by atoms with van der Waals surface area (Å²) in [5, 5.41) is 3.51. The van der Waals surface area contributed by atoms with Crippen LogP contribution in [0.3, 0.4) is 0 Å². The maximum absolute atomic E-state index is 5.45. The standard InChI is InChI=1S/C15H23NOS/c1-15(9-6-10-18-15)14(16-2)11-12-7-4-5-8-13(12)17-3/h4-5,7-8,14,16H,6,9-11H2,1-3H3. The Balaban J connectivity index is 2.15. The van der Waals surface area contributed by atoms with Crippen molar-refractivity contribution in [1.82, 2.24) is 5.32 Å². The Bertz CT molecular complexity index is 388. The molecule has 100 valence electrons. The zero-order chi connectivity index (χ0) is 13.0. The van der Waals surface area contributed by atoms with Crippen LogP contribution in [0, 0.1) is 0 Å². The second-order valence-electron chi connectivity index (χ2n) is 5.12. The Morgan fingerprint density at radius 2 is 2.22 bits per heavy atom. The van der Waals surface area contributed by atoms with Crippen LogP contribution in [-0.4, -0.2) is 30.7 Å². The molecule has 1 fully saturated rings. The van der Waals surface area contributed by atoms with Crippen molar-refractivity contribution in [2.45, 2.75) is 37.0 Å². The van der Waals surface area contributed by atoms with Crippen LogP contribution in [-0.2, 0) is 6.42 Å². The van der Waals surface area contributed by atoms with Gasteiger partial charge in [0, 0.05) is 10.8 Å². The van der Waals surface area contributed by atoms with E-state index >= 15 is 0 Å². The predicted molar refractivity (Wildman–Crippen MR) is 79.6 cm³/mol. The van der Waals surface area contributed by atoms with Crippen LogP contribution < -0.4 is 10.1 Å². The highest BCUT2D eigenvalue weighted by molar-refractivity contribution is 8.00. The molecule has 1 aromatic carbocycles. The molecule has 2 atom stereocenters. The summed E-state index contributed by atoms with van der Waals surface area (Å²) < 4.78 is 5.81. The lowest BCUT2D eigenvalue weighted by atomic mass is 9.90. The first kappa shape index (κ1) is 13.8. The number of likely N-dealkylation sites (N-methyl/N-ethyl adjacent to an activating group) is 1. The number of rotatable bonds is 5. The Labute approximate surface area is 114 Å². The van der Waals surface area contributed by atoms with E-state index in [1.807, 2.05) is 12.1 Å². The van der Waals surface area contributed by atoms with Crippen LogP contribution in [0.15, 0.2) is 24.3 Å². The van der Waals surface area contributed by atoms with Gasteiger partial charge in [-0.25, -0.2) is 0 Å². The van der Waals surface area contributed by atoms with E-state index in [2.05, 4.69) is 43.2 Å². The number of methoxy groups -OCH3 is 1. The second kappa shape index (κ2) is 5.98. The van der Waals surface area contributed by atoms with Crippen molar-refractivity contribution < 1.29 is 4.74 Å². The number of thioether (sulfide) groups is 1. The summed E-state index contributed by atoms with van der Waals surface area (Å²) in [5.74, 6) is 2.30. The molecule has 1 aliphatic rings. The fourth-order valence-electron chi connectivity index (χ4n) is 2.79. The average Bonchev–Trinajstić information content (AvgIpc) is 2.84. The monoisotopic (exact) mass is 265 g/mol. The predicted octanol–water partition coefficient (Wildman–Crippen LogP) is 3.11. The van der Waals surface area contributed by atoms with E-state index in [1.165, 1.54) is 24.2 Å². The zero-order valence-electron chi connectivity index (χ0n) is 11.5. The van der Waals surface area contributed by atoms with Crippen molar-refractivity contribution in [3.8, 4) is 5.75 Å². The minimum Gasteiger partial charge on any atom is -0.496 e. The second-order valence-corrected chi connectivity index (χ2v) is 6.75. The van der Waals surface area contributed by atoms with Gasteiger partial charge in [0.05, 0.1) is 7.11 Å². The highest BCUT2D eigenvalue weighted by Crippen LogP contribution is 2.41. The van der Waals surface area contributed by atoms with Gasteiger partial charge in [-0.05, 0) is 50.6 Å². The molecular formula is C15H23NOS. The normalized spacial score (nSPS) is 25.1. The molecule has 0 aliphatic carbocycles. The van der Waals surface area contributed by atoms with E-state index in [4.69, 9.17) is 4.74 Å². The molecule has 0 spiro atoms. The zero-order valence-corrected chi connectivity index (χ0v) is 12.3. The molecule has 1 aliphatic heterocycles. The quantitative estimate of drug-likeness (QED) is 0.884. The number of nitrogens with one attached hydrogen (secondary N) is 1. The van der Waals surface area contributed by atoms with Crippen LogP contribution in [0.4, 0.5) is 0 Å².